The number of aromatic nitrogens is 1. The van der Waals surface area contributed by atoms with E-state index in [1.807, 2.05) is 0 Å². The lowest BCUT2D eigenvalue weighted by atomic mass is 10.2. The van der Waals surface area contributed by atoms with Gasteiger partial charge in [0.2, 0.25) is 5.88 Å². The summed E-state index contributed by atoms with van der Waals surface area (Å²) in [5.41, 5.74) is 0.302. The minimum absolute atomic E-state index is 0.254. The fraction of sp³-hybridized carbons (Fsp3) is 0.385. The highest BCUT2D eigenvalue weighted by Crippen LogP contribution is 2.34. The summed E-state index contributed by atoms with van der Waals surface area (Å²) in [5.74, 6) is 2.58. The Bertz CT molecular complexity index is 460. The van der Waals surface area contributed by atoms with Gasteiger partial charge in [0.15, 0.2) is 6.10 Å². The van der Waals surface area contributed by atoms with E-state index >= 15 is 0 Å². The SMILES string of the molecule is C#CC(OC(=O)c1cccnc1OC)C1CC1. The summed E-state index contributed by atoms with van der Waals surface area (Å²) in [6.45, 7) is 0. The molecule has 0 aliphatic heterocycles. The van der Waals surface area contributed by atoms with E-state index in [4.69, 9.17) is 15.9 Å². The van der Waals surface area contributed by atoms with Gasteiger partial charge < -0.3 is 9.47 Å². The van der Waals surface area contributed by atoms with Crippen molar-refractivity contribution in [3.63, 3.8) is 0 Å². The third-order valence-corrected chi connectivity index (χ3v) is 2.63. The van der Waals surface area contributed by atoms with Gasteiger partial charge in [-0.25, -0.2) is 9.78 Å². The molecule has 1 aromatic heterocycles. The van der Waals surface area contributed by atoms with Crippen LogP contribution in [0.25, 0.3) is 0 Å². The number of hydrogen-bond donors (Lipinski definition) is 0. The summed E-state index contributed by atoms with van der Waals surface area (Å²) in [5, 5.41) is 0. The Morgan fingerprint density at radius 1 is 1.65 bits per heavy atom. The molecule has 1 aromatic rings. The predicted octanol–water partition coefficient (Wildman–Crippen LogP) is 1.66. The standard InChI is InChI=1S/C13H13NO3/c1-3-11(9-6-7-9)17-13(15)10-5-4-8-14-12(10)16-2/h1,4-5,8-9,11H,6-7H2,2H3. The quantitative estimate of drug-likeness (QED) is 0.584. The van der Waals surface area contributed by atoms with Gasteiger partial charge in [-0.1, -0.05) is 5.92 Å². The second-order valence-corrected chi connectivity index (χ2v) is 3.89. The zero-order chi connectivity index (χ0) is 12.3. The van der Waals surface area contributed by atoms with Crippen LogP contribution >= 0.6 is 0 Å². The maximum Gasteiger partial charge on any atom is 0.344 e. The van der Waals surface area contributed by atoms with Crippen LogP contribution in [0.5, 0.6) is 5.88 Å². The Hall–Kier alpha value is -2.02. The van der Waals surface area contributed by atoms with Crippen LogP contribution in [0.3, 0.4) is 0 Å². The summed E-state index contributed by atoms with van der Waals surface area (Å²) in [4.78, 5) is 15.8. The Morgan fingerprint density at radius 2 is 2.41 bits per heavy atom. The van der Waals surface area contributed by atoms with Gasteiger partial charge in [-0.15, -0.1) is 6.42 Å². The summed E-state index contributed by atoms with van der Waals surface area (Å²) >= 11 is 0. The minimum Gasteiger partial charge on any atom is -0.480 e. The van der Waals surface area contributed by atoms with Crippen molar-refractivity contribution in [1.82, 2.24) is 4.98 Å². The monoisotopic (exact) mass is 231 g/mol. The fourth-order valence-corrected chi connectivity index (χ4v) is 1.55. The lowest BCUT2D eigenvalue weighted by Crippen LogP contribution is -2.19. The number of ether oxygens (including phenoxy) is 2. The number of carbonyl (C=O) groups excluding carboxylic acids is 1. The lowest BCUT2D eigenvalue weighted by molar-refractivity contribution is 0.0370. The van der Waals surface area contributed by atoms with Crippen LogP contribution in [0.1, 0.15) is 23.2 Å². The van der Waals surface area contributed by atoms with E-state index in [-0.39, 0.29) is 5.88 Å². The predicted molar refractivity (Wildman–Crippen MR) is 61.5 cm³/mol. The first-order valence-corrected chi connectivity index (χ1v) is 5.42. The van der Waals surface area contributed by atoms with Crippen LogP contribution in [-0.4, -0.2) is 24.2 Å². The highest BCUT2D eigenvalue weighted by Gasteiger charge is 2.33. The van der Waals surface area contributed by atoms with Crippen LogP contribution in [-0.2, 0) is 4.74 Å². The van der Waals surface area contributed by atoms with Crippen molar-refractivity contribution in [3.05, 3.63) is 23.9 Å². The Labute approximate surface area is 100.0 Å². The fourth-order valence-electron chi connectivity index (χ4n) is 1.55. The molecule has 0 saturated heterocycles. The number of nitrogens with zero attached hydrogens (tertiary/aromatic N) is 1. The third kappa shape index (κ3) is 2.56. The van der Waals surface area contributed by atoms with Crippen LogP contribution in [0, 0.1) is 18.3 Å². The van der Waals surface area contributed by atoms with E-state index in [0.717, 1.165) is 12.8 Å². The molecule has 0 aromatic carbocycles. The Morgan fingerprint density at radius 3 is 3.00 bits per heavy atom. The Balaban J connectivity index is 2.11. The van der Waals surface area contributed by atoms with Crippen molar-refractivity contribution >= 4 is 5.97 Å². The molecule has 88 valence electrons. The molecule has 1 aliphatic carbocycles. The van der Waals surface area contributed by atoms with Crippen LogP contribution in [0.15, 0.2) is 18.3 Å². The molecule has 4 heteroatoms. The van der Waals surface area contributed by atoms with Gasteiger partial charge in [-0.05, 0) is 25.0 Å². The average Bonchev–Trinajstić information content (AvgIpc) is 3.19. The average molecular weight is 231 g/mol. The van der Waals surface area contributed by atoms with Crippen LogP contribution < -0.4 is 4.74 Å². The molecule has 0 bridgehead atoms. The van der Waals surface area contributed by atoms with E-state index in [1.54, 1.807) is 18.3 Å². The van der Waals surface area contributed by atoms with E-state index in [9.17, 15) is 4.79 Å². The van der Waals surface area contributed by atoms with Gasteiger partial charge in [0.25, 0.3) is 0 Å². The van der Waals surface area contributed by atoms with Gasteiger partial charge in [-0.3, -0.25) is 0 Å². The summed E-state index contributed by atoms with van der Waals surface area (Å²) in [6, 6.07) is 3.26. The Kier molecular flexibility index (Phi) is 3.29. The van der Waals surface area contributed by atoms with Gasteiger partial charge in [0, 0.05) is 12.1 Å². The van der Waals surface area contributed by atoms with Crippen molar-refractivity contribution in [2.45, 2.75) is 18.9 Å². The maximum absolute atomic E-state index is 11.9. The summed E-state index contributed by atoms with van der Waals surface area (Å²) in [7, 11) is 1.46. The van der Waals surface area contributed by atoms with Crippen LogP contribution in [0.2, 0.25) is 0 Å². The highest BCUT2D eigenvalue weighted by atomic mass is 16.5. The largest absolute Gasteiger partial charge is 0.480 e. The van der Waals surface area contributed by atoms with Gasteiger partial charge in [-0.2, -0.15) is 0 Å². The van der Waals surface area contributed by atoms with Gasteiger partial charge in [0.05, 0.1) is 7.11 Å². The topological polar surface area (TPSA) is 48.4 Å². The van der Waals surface area contributed by atoms with E-state index in [1.165, 1.54) is 7.11 Å². The summed E-state index contributed by atoms with van der Waals surface area (Å²) < 4.78 is 10.3. The molecule has 0 radical (unpaired) electrons. The molecular formula is C13H13NO3. The van der Waals surface area contributed by atoms with Gasteiger partial charge in [0.1, 0.15) is 5.56 Å². The molecule has 2 rings (SSSR count). The first-order valence-electron chi connectivity index (χ1n) is 5.42. The molecule has 0 N–H and O–H groups in total. The van der Waals surface area contributed by atoms with E-state index in [0.29, 0.717) is 11.5 Å². The van der Waals surface area contributed by atoms with E-state index < -0.39 is 12.1 Å². The van der Waals surface area contributed by atoms with Crippen molar-refractivity contribution in [1.29, 1.82) is 0 Å². The molecule has 1 atom stereocenters. The molecule has 17 heavy (non-hydrogen) atoms. The molecule has 0 amide bonds. The number of carbonyl (C=O) groups is 1. The number of rotatable bonds is 4. The zero-order valence-corrected chi connectivity index (χ0v) is 9.55. The molecule has 1 saturated carbocycles. The molecule has 1 heterocycles. The molecule has 4 nitrogen and oxygen atoms in total. The van der Waals surface area contributed by atoms with Crippen molar-refractivity contribution in [2.24, 2.45) is 5.92 Å². The summed E-state index contributed by atoms with van der Waals surface area (Å²) in [6.07, 6.45) is 8.49. The first-order chi connectivity index (χ1) is 8.26. The number of hydrogen-bond acceptors (Lipinski definition) is 4. The number of pyridine rings is 1. The van der Waals surface area contributed by atoms with Crippen molar-refractivity contribution in [3.8, 4) is 18.2 Å². The smallest absolute Gasteiger partial charge is 0.344 e. The molecule has 1 unspecified atom stereocenters. The minimum atomic E-state index is -0.482. The molecule has 1 aliphatic rings. The molecule has 1 fully saturated rings. The first kappa shape index (κ1) is 11.5. The number of terminal acetylenes is 1. The highest BCUT2D eigenvalue weighted by molar-refractivity contribution is 5.92. The number of esters is 1. The zero-order valence-electron chi connectivity index (χ0n) is 9.55. The van der Waals surface area contributed by atoms with Crippen LogP contribution in [0.4, 0.5) is 0 Å². The van der Waals surface area contributed by atoms with Crippen molar-refractivity contribution in [2.75, 3.05) is 7.11 Å². The second-order valence-electron chi connectivity index (χ2n) is 3.89. The number of methoxy groups -OCH3 is 1. The van der Waals surface area contributed by atoms with Gasteiger partial charge >= 0.3 is 5.97 Å². The normalized spacial score (nSPS) is 15.8. The molecule has 0 spiro atoms. The maximum atomic E-state index is 11.9. The lowest BCUT2D eigenvalue weighted by Gasteiger charge is -2.12. The second kappa shape index (κ2) is 4.88. The molecular weight excluding hydrogens is 218 g/mol. The van der Waals surface area contributed by atoms with E-state index in [2.05, 4.69) is 10.9 Å². The third-order valence-electron chi connectivity index (χ3n) is 2.63. The van der Waals surface area contributed by atoms with Crippen molar-refractivity contribution < 1.29 is 14.3 Å².